The van der Waals surface area contributed by atoms with Gasteiger partial charge in [-0.2, -0.15) is 4.98 Å². The Morgan fingerprint density at radius 1 is 1.07 bits per heavy atom. The average molecular weight is 410 g/mol. The van der Waals surface area contributed by atoms with E-state index in [1.807, 2.05) is 53.4 Å². The fourth-order valence-electron chi connectivity index (χ4n) is 3.27. The maximum absolute atomic E-state index is 12.4. The van der Waals surface area contributed by atoms with E-state index in [-0.39, 0.29) is 5.91 Å². The molecule has 2 heterocycles. The van der Waals surface area contributed by atoms with Crippen LogP contribution in [0.4, 0.5) is 0 Å². The van der Waals surface area contributed by atoms with Gasteiger partial charge in [0.1, 0.15) is 5.75 Å². The summed E-state index contributed by atoms with van der Waals surface area (Å²) in [5.41, 5.74) is 2.81. The van der Waals surface area contributed by atoms with Crippen LogP contribution < -0.4 is 4.74 Å². The van der Waals surface area contributed by atoms with Gasteiger partial charge in [-0.15, -0.1) is 11.8 Å². The van der Waals surface area contributed by atoms with Crippen LogP contribution in [0.2, 0.25) is 0 Å². The number of ether oxygens (including phenoxy) is 1. The zero-order valence-electron chi connectivity index (χ0n) is 16.3. The van der Waals surface area contributed by atoms with Crippen molar-refractivity contribution in [2.75, 3.05) is 20.2 Å². The maximum atomic E-state index is 12.4. The van der Waals surface area contributed by atoms with Gasteiger partial charge >= 0.3 is 0 Å². The van der Waals surface area contributed by atoms with Gasteiger partial charge in [-0.25, -0.2) is 0 Å². The molecule has 1 aliphatic heterocycles. The summed E-state index contributed by atoms with van der Waals surface area (Å²) in [6, 6.07) is 15.4. The molecule has 0 radical (unpaired) electrons. The molecule has 1 aliphatic rings. The smallest absolute Gasteiger partial charge is 0.257 e. The second-order valence-corrected chi connectivity index (χ2v) is 7.92. The summed E-state index contributed by atoms with van der Waals surface area (Å²) in [5, 5.41) is 4.06. The van der Waals surface area contributed by atoms with Crippen LogP contribution in [0.25, 0.3) is 11.5 Å². The second kappa shape index (κ2) is 9.13. The first-order valence-electron chi connectivity index (χ1n) is 9.66. The fourth-order valence-corrected chi connectivity index (χ4v) is 4.10. The molecule has 3 aromatic rings. The van der Waals surface area contributed by atoms with Crippen molar-refractivity contribution in [3.8, 4) is 17.2 Å². The lowest BCUT2D eigenvalue weighted by Gasteiger charge is -2.15. The van der Waals surface area contributed by atoms with Crippen molar-refractivity contribution in [2.45, 2.75) is 24.3 Å². The minimum Gasteiger partial charge on any atom is -0.497 e. The molecule has 0 bridgehead atoms. The van der Waals surface area contributed by atoms with Gasteiger partial charge in [0, 0.05) is 30.0 Å². The number of hydrogen-bond acceptors (Lipinski definition) is 6. The number of benzene rings is 2. The van der Waals surface area contributed by atoms with Gasteiger partial charge in [0.2, 0.25) is 0 Å². The summed E-state index contributed by atoms with van der Waals surface area (Å²) in [5.74, 6) is 3.59. The van der Waals surface area contributed by atoms with E-state index >= 15 is 0 Å². The molecule has 0 aliphatic carbocycles. The summed E-state index contributed by atoms with van der Waals surface area (Å²) in [6.07, 6.45) is 2.22. The Kier molecular flexibility index (Phi) is 6.14. The van der Waals surface area contributed by atoms with Crippen molar-refractivity contribution in [1.82, 2.24) is 15.0 Å². The highest BCUT2D eigenvalue weighted by Crippen LogP contribution is 2.23. The molecule has 4 rings (SSSR count). The van der Waals surface area contributed by atoms with E-state index < -0.39 is 0 Å². The first kappa shape index (κ1) is 19.5. The Hall–Kier alpha value is -2.80. The molecule has 1 saturated heterocycles. The standard InChI is InChI=1S/C22H23N3O3S/c1-27-19-10-8-17(9-11-19)21-23-20(24-28-21)15-29-14-16-4-6-18(7-5-16)22(26)25-12-2-3-13-25/h4-11H,2-3,12-15H2,1H3. The van der Waals surface area contributed by atoms with Crippen molar-refractivity contribution in [2.24, 2.45) is 0 Å². The normalized spacial score (nSPS) is 13.6. The number of thioether (sulfide) groups is 1. The van der Waals surface area contributed by atoms with E-state index in [1.54, 1.807) is 18.9 Å². The number of rotatable bonds is 7. The lowest BCUT2D eigenvalue weighted by atomic mass is 10.1. The van der Waals surface area contributed by atoms with Crippen LogP contribution in [0.5, 0.6) is 5.75 Å². The Bertz CT molecular complexity index is 948. The summed E-state index contributed by atoms with van der Waals surface area (Å²) in [6.45, 7) is 1.75. The highest BCUT2D eigenvalue weighted by atomic mass is 32.2. The molecular weight excluding hydrogens is 386 g/mol. The highest BCUT2D eigenvalue weighted by Gasteiger charge is 2.19. The molecule has 1 fully saturated rings. The van der Waals surface area contributed by atoms with Crippen molar-refractivity contribution in [3.05, 3.63) is 65.5 Å². The number of aromatic nitrogens is 2. The number of hydrogen-bond donors (Lipinski definition) is 0. The maximum Gasteiger partial charge on any atom is 0.257 e. The van der Waals surface area contributed by atoms with Crippen molar-refractivity contribution in [1.29, 1.82) is 0 Å². The third-order valence-electron chi connectivity index (χ3n) is 4.90. The van der Waals surface area contributed by atoms with Crippen molar-refractivity contribution < 1.29 is 14.1 Å². The molecule has 0 N–H and O–H groups in total. The third kappa shape index (κ3) is 4.79. The summed E-state index contributed by atoms with van der Waals surface area (Å²) < 4.78 is 10.5. The van der Waals surface area contributed by atoms with Crippen LogP contribution in [0, 0.1) is 0 Å². The largest absolute Gasteiger partial charge is 0.497 e. The second-order valence-electron chi connectivity index (χ2n) is 6.93. The monoisotopic (exact) mass is 409 g/mol. The van der Waals surface area contributed by atoms with E-state index in [0.29, 0.717) is 17.5 Å². The molecule has 2 aromatic carbocycles. The molecule has 1 amide bonds. The quantitative estimate of drug-likeness (QED) is 0.576. The zero-order chi connectivity index (χ0) is 20.1. The summed E-state index contributed by atoms with van der Waals surface area (Å²) in [4.78, 5) is 18.8. The average Bonchev–Trinajstić information content (AvgIpc) is 3.46. The minimum atomic E-state index is 0.138. The van der Waals surface area contributed by atoms with E-state index in [0.717, 1.165) is 48.6 Å². The Morgan fingerprint density at radius 2 is 1.79 bits per heavy atom. The minimum absolute atomic E-state index is 0.138. The molecule has 7 heteroatoms. The molecule has 0 spiro atoms. The number of amides is 1. The van der Waals surface area contributed by atoms with Crippen LogP contribution in [0.1, 0.15) is 34.6 Å². The van der Waals surface area contributed by atoms with Crippen LogP contribution in [-0.2, 0) is 11.5 Å². The number of carbonyl (C=O) groups is 1. The number of methoxy groups -OCH3 is 1. The van der Waals surface area contributed by atoms with Gasteiger partial charge in [-0.3, -0.25) is 4.79 Å². The van der Waals surface area contributed by atoms with Crippen molar-refractivity contribution in [3.63, 3.8) is 0 Å². The van der Waals surface area contributed by atoms with Gasteiger partial charge in [-0.1, -0.05) is 17.3 Å². The van der Waals surface area contributed by atoms with Crippen LogP contribution >= 0.6 is 11.8 Å². The van der Waals surface area contributed by atoms with Crippen LogP contribution in [0.3, 0.4) is 0 Å². The summed E-state index contributed by atoms with van der Waals surface area (Å²) in [7, 11) is 1.63. The third-order valence-corrected chi connectivity index (χ3v) is 5.90. The SMILES string of the molecule is COc1ccc(-c2nc(CSCc3ccc(C(=O)N4CCCC4)cc3)no2)cc1. The molecular formula is C22H23N3O3S. The van der Waals surface area contributed by atoms with E-state index in [2.05, 4.69) is 10.1 Å². The first-order chi connectivity index (χ1) is 14.2. The molecule has 150 valence electrons. The zero-order valence-corrected chi connectivity index (χ0v) is 17.2. The van der Waals surface area contributed by atoms with Crippen LogP contribution in [0.15, 0.2) is 53.1 Å². The lowest BCUT2D eigenvalue weighted by molar-refractivity contribution is 0.0793. The van der Waals surface area contributed by atoms with Gasteiger partial charge in [0.15, 0.2) is 5.82 Å². The van der Waals surface area contributed by atoms with E-state index in [9.17, 15) is 4.79 Å². The van der Waals surface area contributed by atoms with E-state index in [4.69, 9.17) is 9.26 Å². The van der Waals surface area contributed by atoms with Gasteiger partial charge in [-0.05, 0) is 54.8 Å². The molecule has 0 unspecified atom stereocenters. The summed E-state index contributed by atoms with van der Waals surface area (Å²) >= 11 is 1.71. The van der Waals surface area contributed by atoms with Gasteiger partial charge in [0.25, 0.3) is 11.8 Å². The van der Waals surface area contributed by atoms with Crippen LogP contribution in [-0.4, -0.2) is 41.1 Å². The van der Waals surface area contributed by atoms with Gasteiger partial charge < -0.3 is 14.2 Å². The topological polar surface area (TPSA) is 68.5 Å². The molecule has 1 aromatic heterocycles. The predicted octanol–water partition coefficient (Wildman–Crippen LogP) is 4.41. The van der Waals surface area contributed by atoms with E-state index in [1.165, 1.54) is 5.56 Å². The highest BCUT2D eigenvalue weighted by molar-refractivity contribution is 7.97. The lowest BCUT2D eigenvalue weighted by Crippen LogP contribution is -2.27. The Morgan fingerprint density at radius 3 is 2.48 bits per heavy atom. The molecule has 0 atom stereocenters. The number of carbonyl (C=O) groups excluding carboxylic acids is 1. The first-order valence-corrected chi connectivity index (χ1v) is 10.8. The number of likely N-dealkylation sites (tertiary alicyclic amines) is 1. The van der Waals surface area contributed by atoms with Crippen molar-refractivity contribution >= 4 is 17.7 Å². The predicted molar refractivity (Wildman–Crippen MR) is 113 cm³/mol. The Labute approximate surface area is 174 Å². The fraction of sp³-hybridized carbons (Fsp3) is 0.318. The van der Waals surface area contributed by atoms with Gasteiger partial charge in [0.05, 0.1) is 12.9 Å². The Balaban J connectivity index is 1.29. The molecule has 29 heavy (non-hydrogen) atoms. The number of nitrogens with zero attached hydrogens (tertiary/aromatic N) is 3. The molecule has 6 nitrogen and oxygen atoms in total. The molecule has 0 saturated carbocycles.